The summed E-state index contributed by atoms with van der Waals surface area (Å²) in [5.74, 6) is -3.02. The summed E-state index contributed by atoms with van der Waals surface area (Å²) < 4.78 is 0. The molecule has 5 atom stereocenters. The third kappa shape index (κ3) is 7.67. The van der Waals surface area contributed by atoms with Crippen LogP contribution in [0.5, 0.6) is 0 Å². The highest BCUT2D eigenvalue weighted by Crippen LogP contribution is 2.35. The largest absolute Gasteiger partial charge is 0.481 e. The number of rotatable bonds is 10. The predicted octanol–water partition coefficient (Wildman–Crippen LogP) is 4.48. The van der Waals surface area contributed by atoms with Crippen molar-refractivity contribution in [1.82, 2.24) is 15.1 Å². The van der Waals surface area contributed by atoms with Crippen molar-refractivity contribution in [3.8, 4) is 0 Å². The average Bonchev–Trinajstić information content (AvgIpc) is 3.33. The molecule has 1 aliphatic carbocycles. The zero-order valence-electron chi connectivity index (χ0n) is 25.0. The van der Waals surface area contributed by atoms with Gasteiger partial charge in [-0.1, -0.05) is 60.5 Å². The van der Waals surface area contributed by atoms with Crippen LogP contribution < -0.4 is 5.32 Å². The van der Waals surface area contributed by atoms with Crippen LogP contribution in [0.25, 0.3) is 0 Å². The SMILES string of the molecule is CC(C)C(=CC(C)C(=O)C1CCC[C@H]1C(=O)O)N(C)C(=O)[C@@H](NC(=O)C1CCCCN1C(C)C)C(C)(C)C. The predicted molar refractivity (Wildman–Crippen MR) is 149 cm³/mol. The van der Waals surface area contributed by atoms with E-state index in [-0.39, 0.29) is 35.6 Å². The molecule has 3 unspecified atom stereocenters. The Bertz CT molecular complexity index is 904. The van der Waals surface area contributed by atoms with Crippen LogP contribution in [0.1, 0.15) is 93.9 Å². The molecule has 0 aromatic heterocycles. The van der Waals surface area contributed by atoms with Crippen molar-refractivity contribution < 1.29 is 24.3 Å². The molecule has 1 aliphatic heterocycles. The molecule has 8 nitrogen and oxygen atoms in total. The van der Waals surface area contributed by atoms with Crippen LogP contribution in [0.4, 0.5) is 0 Å². The Morgan fingerprint density at radius 2 is 1.55 bits per heavy atom. The molecule has 1 heterocycles. The Hall–Kier alpha value is -2.22. The second-order valence-electron chi connectivity index (χ2n) is 13.0. The van der Waals surface area contributed by atoms with Crippen LogP contribution in [-0.4, -0.2) is 70.2 Å². The number of allylic oxidation sites excluding steroid dienone is 2. The molecule has 1 saturated heterocycles. The van der Waals surface area contributed by atoms with E-state index in [0.29, 0.717) is 18.5 Å². The van der Waals surface area contributed by atoms with Gasteiger partial charge in [-0.2, -0.15) is 0 Å². The molecule has 0 radical (unpaired) electrons. The van der Waals surface area contributed by atoms with Gasteiger partial charge in [0.1, 0.15) is 11.8 Å². The van der Waals surface area contributed by atoms with E-state index < -0.39 is 35.2 Å². The maximum absolute atomic E-state index is 13.9. The lowest BCUT2D eigenvalue weighted by atomic mass is 9.84. The molecule has 2 aliphatic rings. The van der Waals surface area contributed by atoms with Crippen molar-refractivity contribution in [3.63, 3.8) is 0 Å². The maximum Gasteiger partial charge on any atom is 0.307 e. The number of likely N-dealkylation sites (N-methyl/N-ethyl adjacent to an activating group) is 1. The van der Waals surface area contributed by atoms with Crippen LogP contribution >= 0.6 is 0 Å². The summed E-state index contributed by atoms with van der Waals surface area (Å²) >= 11 is 0. The summed E-state index contributed by atoms with van der Waals surface area (Å²) in [6.07, 6.45) is 6.50. The van der Waals surface area contributed by atoms with Gasteiger partial charge in [0, 0.05) is 30.6 Å². The topological polar surface area (TPSA) is 107 Å². The fourth-order valence-electron chi connectivity index (χ4n) is 6.03. The molecular formula is C30H51N3O5. The number of carbonyl (C=O) groups excluding carboxylic acids is 3. The average molecular weight is 534 g/mol. The fraction of sp³-hybridized carbons (Fsp3) is 0.800. The monoisotopic (exact) mass is 533 g/mol. The molecule has 8 heteroatoms. The number of nitrogens with zero attached hydrogens (tertiary/aromatic N) is 2. The molecule has 1 saturated carbocycles. The lowest BCUT2D eigenvalue weighted by molar-refractivity contribution is -0.146. The van der Waals surface area contributed by atoms with Gasteiger partial charge in [0.15, 0.2) is 0 Å². The molecule has 2 fully saturated rings. The van der Waals surface area contributed by atoms with Gasteiger partial charge in [-0.25, -0.2) is 0 Å². The number of ketones is 1. The molecule has 216 valence electrons. The van der Waals surface area contributed by atoms with Gasteiger partial charge in [-0.3, -0.25) is 24.1 Å². The fourth-order valence-corrected chi connectivity index (χ4v) is 6.03. The Morgan fingerprint density at radius 1 is 0.947 bits per heavy atom. The van der Waals surface area contributed by atoms with Gasteiger partial charge in [0.2, 0.25) is 11.8 Å². The number of carboxylic acid groups (broad SMARTS) is 1. The Kier molecular flexibility index (Phi) is 11.1. The minimum atomic E-state index is -0.911. The van der Waals surface area contributed by atoms with Gasteiger partial charge in [0.05, 0.1) is 12.0 Å². The third-order valence-corrected chi connectivity index (χ3v) is 8.29. The van der Waals surface area contributed by atoms with E-state index in [0.717, 1.165) is 32.2 Å². The van der Waals surface area contributed by atoms with Crippen molar-refractivity contribution in [2.45, 2.75) is 112 Å². The second kappa shape index (κ2) is 13.2. The smallest absolute Gasteiger partial charge is 0.307 e. The van der Waals surface area contributed by atoms with Crippen molar-refractivity contribution in [1.29, 1.82) is 0 Å². The van der Waals surface area contributed by atoms with Crippen LogP contribution in [-0.2, 0) is 19.2 Å². The van der Waals surface area contributed by atoms with Crippen LogP contribution in [0.15, 0.2) is 11.8 Å². The third-order valence-electron chi connectivity index (χ3n) is 8.29. The number of hydrogen-bond acceptors (Lipinski definition) is 5. The van der Waals surface area contributed by atoms with Gasteiger partial charge in [-0.05, 0) is 57.4 Å². The first-order valence-corrected chi connectivity index (χ1v) is 14.4. The highest BCUT2D eigenvalue weighted by molar-refractivity contribution is 5.92. The number of carbonyl (C=O) groups is 4. The number of piperidine rings is 1. The number of Topliss-reactive ketones (excluding diaryl/α,β-unsaturated/α-hetero) is 1. The number of hydrogen-bond donors (Lipinski definition) is 2. The van der Waals surface area contributed by atoms with Gasteiger partial charge < -0.3 is 15.3 Å². The Balaban J connectivity index is 2.27. The molecule has 2 amide bonds. The van der Waals surface area contributed by atoms with E-state index in [1.54, 1.807) is 18.9 Å². The van der Waals surface area contributed by atoms with Crippen molar-refractivity contribution in [2.75, 3.05) is 13.6 Å². The van der Waals surface area contributed by atoms with E-state index in [9.17, 15) is 24.3 Å². The van der Waals surface area contributed by atoms with Crippen LogP contribution in [0.3, 0.4) is 0 Å². The molecule has 0 bridgehead atoms. The van der Waals surface area contributed by atoms with E-state index in [2.05, 4.69) is 24.1 Å². The summed E-state index contributed by atoms with van der Waals surface area (Å²) in [4.78, 5) is 56.1. The van der Waals surface area contributed by atoms with Crippen LogP contribution in [0.2, 0.25) is 0 Å². The first-order valence-electron chi connectivity index (χ1n) is 14.4. The zero-order valence-corrected chi connectivity index (χ0v) is 25.0. The second-order valence-corrected chi connectivity index (χ2v) is 13.0. The van der Waals surface area contributed by atoms with E-state index in [1.165, 1.54) is 0 Å². The number of likely N-dealkylation sites (tertiary alicyclic amines) is 1. The molecule has 2 rings (SSSR count). The summed E-state index contributed by atoms with van der Waals surface area (Å²) in [6, 6.07) is -0.749. The normalized spacial score (nSPS) is 24.8. The number of amides is 2. The van der Waals surface area contributed by atoms with E-state index >= 15 is 0 Å². The van der Waals surface area contributed by atoms with E-state index in [1.807, 2.05) is 40.7 Å². The summed E-state index contributed by atoms with van der Waals surface area (Å²) in [7, 11) is 1.70. The highest BCUT2D eigenvalue weighted by Gasteiger charge is 2.41. The standard InChI is InChI=1S/C30H51N3O5/c1-18(2)24(17-20(5)25(34)21-13-12-14-22(21)29(37)38)32(9)28(36)26(30(6,7)8)31-27(35)23-15-10-11-16-33(23)19(3)4/h17-23,26H,10-16H2,1-9H3,(H,31,35)(H,37,38)/t20?,21?,22-,23?,26-/m1/s1. The van der Waals surface area contributed by atoms with Gasteiger partial charge in [-0.15, -0.1) is 0 Å². The molecule has 0 aromatic rings. The maximum atomic E-state index is 13.9. The van der Waals surface area contributed by atoms with Crippen molar-refractivity contribution in [3.05, 3.63) is 11.8 Å². The molecule has 0 aromatic carbocycles. The van der Waals surface area contributed by atoms with Gasteiger partial charge >= 0.3 is 5.97 Å². The molecule has 2 N–H and O–H groups in total. The Labute approximate surface area is 229 Å². The van der Waals surface area contributed by atoms with E-state index in [4.69, 9.17) is 0 Å². The lowest BCUT2D eigenvalue weighted by Gasteiger charge is -2.40. The van der Waals surface area contributed by atoms with Gasteiger partial charge in [0.25, 0.3) is 0 Å². The number of nitrogens with one attached hydrogen (secondary N) is 1. The first-order chi connectivity index (χ1) is 17.6. The summed E-state index contributed by atoms with van der Waals surface area (Å²) in [5.41, 5.74) is 0.172. The van der Waals surface area contributed by atoms with Crippen LogP contribution in [0, 0.1) is 29.1 Å². The Morgan fingerprint density at radius 3 is 2.08 bits per heavy atom. The number of aliphatic carboxylic acids is 1. The summed E-state index contributed by atoms with van der Waals surface area (Å²) in [5, 5.41) is 12.6. The zero-order chi connectivity index (χ0) is 28.9. The minimum Gasteiger partial charge on any atom is -0.481 e. The lowest BCUT2D eigenvalue weighted by Crippen LogP contribution is -2.59. The number of carboxylic acids is 1. The molecule has 0 spiro atoms. The molecule has 38 heavy (non-hydrogen) atoms. The first kappa shape index (κ1) is 32.0. The highest BCUT2D eigenvalue weighted by atomic mass is 16.4. The molecular weight excluding hydrogens is 482 g/mol. The van der Waals surface area contributed by atoms with Crippen molar-refractivity contribution >= 4 is 23.6 Å². The van der Waals surface area contributed by atoms with Crippen molar-refractivity contribution in [2.24, 2.45) is 29.1 Å². The summed E-state index contributed by atoms with van der Waals surface area (Å²) in [6.45, 7) is 16.6. The minimum absolute atomic E-state index is 0.0517. The quantitative estimate of drug-likeness (QED) is 0.429.